The van der Waals surface area contributed by atoms with E-state index in [9.17, 15) is 71.9 Å². The third-order valence-electron chi connectivity index (χ3n) is 20.0. The van der Waals surface area contributed by atoms with Crippen LogP contribution in [0.25, 0.3) is 88.6 Å². The molecule has 0 atom stereocenters. The summed E-state index contributed by atoms with van der Waals surface area (Å²) < 4.78 is 196. The molecule has 0 amide bonds. The van der Waals surface area contributed by atoms with Crippen molar-refractivity contribution in [3.63, 3.8) is 0 Å². The first kappa shape index (κ1) is 115. The van der Waals surface area contributed by atoms with E-state index in [1.54, 1.807) is 91.2 Å². The predicted molar refractivity (Wildman–Crippen MR) is 518 cm³/mol. The zero-order valence-electron chi connectivity index (χ0n) is 69.1. The van der Waals surface area contributed by atoms with Gasteiger partial charge in [0.15, 0.2) is 0 Å². The molecule has 4 aromatic carbocycles. The molecular weight excluding hydrogens is 2000 g/mol. The number of halogens is 19. The molecule has 1 aliphatic heterocycles. The van der Waals surface area contributed by atoms with Gasteiger partial charge in [-0.05, 0) is 181 Å². The van der Waals surface area contributed by atoms with Crippen molar-refractivity contribution >= 4 is 162 Å². The van der Waals surface area contributed by atoms with Gasteiger partial charge < -0.3 is 46.5 Å². The van der Waals surface area contributed by atoms with Crippen molar-refractivity contribution in [2.45, 2.75) is 163 Å². The van der Waals surface area contributed by atoms with E-state index in [0.717, 1.165) is 64.1 Å². The van der Waals surface area contributed by atoms with Crippen LogP contribution >= 0.6 is 98.4 Å². The average Bonchev–Trinajstić information content (AvgIpc) is 1.64. The Morgan fingerprint density at radius 1 is 0.422 bits per heavy atom. The Labute approximate surface area is 813 Å². The van der Waals surface area contributed by atoms with Crippen molar-refractivity contribution in [3.05, 3.63) is 254 Å². The van der Waals surface area contributed by atoms with Crippen LogP contribution < -0.4 is 46.6 Å². The molecule has 1 saturated heterocycles. The number of aromatic nitrogens is 14. The Balaban J connectivity index is 0.000000296. The summed E-state index contributed by atoms with van der Waals surface area (Å²) in [4.78, 5) is 52.0. The number of thiol groups is 1. The quantitative estimate of drug-likeness (QED) is 0.0573. The fraction of sp³-hybridized carbons (Fsp3) is 0.307. The first-order valence-electron chi connectivity index (χ1n) is 38.0. The third-order valence-corrected chi connectivity index (χ3v) is 23.2. The summed E-state index contributed by atoms with van der Waals surface area (Å²) in [7, 11) is 9.48. The van der Waals surface area contributed by atoms with Gasteiger partial charge in [0.2, 0.25) is 0 Å². The first-order chi connectivity index (χ1) is 60.5. The molecule has 0 bridgehead atoms. The van der Waals surface area contributed by atoms with Gasteiger partial charge in [-0.3, -0.25) is 51.5 Å². The van der Waals surface area contributed by atoms with Gasteiger partial charge in [-0.1, -0.05) is 114 Å². The molecule has 1 aliphatic rings. The van der Waals surface area contributed by atoms with Crippen LogP contribution in [0.2, 0.25) is 30.5 Å². The SMILES string of the molecule is C.C.C.C.C.C.CCn1c(Cl)c(Cl)c2c(=O)n(-c3ccc(OC(F)(F)F)cc3)cc(-c3cnn(C)c3)c21.CCn1c(Cl)c(Cl)c2c(=O)n(-c3ccc(OC(F)(F)F)cc3)cc(Br)c21.CCn1c(Cl)c(Cl)c2c(=O)n(-c3ccc(OC(F)(F)F)cc3)ccc21.CCn1ccc2c(=O)n(-c3ccc(OC(F)(F)F)cc3)cc(-c3cnn(C)c3)c21.Cn1cc(B2OC(C)(C)C(C)(C)O2)cn1.[B]=NS. The summed E-state index contributed by atoms with van der Waals surface area (Å²) in [5, 5.41) is 14.8. The van der Waals surface area contributed by atoms with Crippen molar-refractivity contribution < 1.29 is 80.9 Å². The number of benzene rings is 4. The fourth-order valence-electron chi connectivity index (χ4n) is 13.6. The zero-order valence-corrected chi connectivity index (χ0v) is 76.2. The van der Waals surface area contributed by atoms with Gasteiger partial charge in [-0.2, -0.15) is 15.3 Å². The van der Waals surface area contributed by atoms with Crippen LogP contribution in [0.15, 0.2) is 205 Å². The Bertz CT molecular complexity index is 6880. The average molecular weight is 2100 g/mol. The monoisotopic (exact) mass is 2090 g/mol. The summed E-state index contributed by atoms with van der Waals surface area (Å²) in [6.45, 7) is 18.0. The van der Waals surface area contributed by atoms with Crippen LogP contribution in [0.3, 0.4) is 0 Å². The molecule has 16 rings (SSSR count). The van der Waals surface area contributed by atoms with Gasteiger partial charge in [-0.15, -0.1) is 52.7 Å². The molecule has 0 saturated carbocycles. The molecule has 1 radical (unpaired) electrons. The summed E-state index contributed by atoms with van der Waals surface area (Å²) in [6.07, 6.45) is -0.310. The topological polar surface area (TPSA) is 229 Å². The van der Waals surface area contributed by atoms with Gasteiger partial charge in [-0.25, -0.2) is 0 Å². The Morgan fingerprint density at radius 2 is 0.741 bits per heavy atom. The van der Waals surface area contributed by atoms with Crippen molar-refractivity contribution in [1.82, 2.24) is 65.9 Å². The molecule has 0 N–H and O–H groups in total. The van der Waals surface area contributed by atoms with E-state index in [0.29, 0.717) is 80.9 Å². The summed E-state index contributed by atoms with van der Waals surface area (Å²) >= 11 is 44.2. The zero-order chi connectivity index (χ0) is 94.8. The van der Waals surface area contributed by atoms with Gasteiger partial charge in [0.25, 0.3) is 22.2 Å². The van der Waals surface area contributed by atoms with Crippen LogP contribution in [0.1, 0.15) is 99.9 Å². The number of pyridine rings is 4. The second-order valence-corrected chi connectivity index (χ2v) is 32.1. The third kappa shape index (κ3) is 25.8. The summed E-state index contributed by atoms with van der Waals surface area (Å²) in [6, 6.07) is 23.5. The van der Waals surface area contributed by atoms with Crippen LogP contribution in [0.4, 0.5) is 52.7 Å². The van der Waals surface area contributed by atoms with Crippen molar-refractivity contribution in [2.75, 3.05) is 0 Å². The second-order valence-electron chi connectivity index (χ2n) is 28.8. The van der Waals surface area contributed by atoms with Crippen LogP contribution in [0.5, 0.6) is 23.0 Å². The number of hydrogen-bond donors (Lipinski definition) is 1. The van der Waals surface area contributed by atoms with Crippen molar-refractivity contribution in [2.24, 2.45) is 25.4 Å². The first-order valence-corrected chi connectivity index (χ1v) is 41.5. The molecule has 12 heterocycles. The van der Waals surface area contributed by atoms with E-state index in [4.69, 9.17) is 78.9 Å². The molecule has 25 nitrogen and oxygen atoms in total. The Kier molecular flexibility index (Phi) is 39.0. The minimum atomic E-state index is -4.81. The number of rotatable bonds is 15. The fourth-order valence-corrected chi connectivity index (χ4v) is 16.0. The van der Waals surface area contributed by atoms with Crippen molar-refractivity contribution in [1.29, 1.82) is 0 Å². The number of alkyl halides is 12. The standard InChI is InChI=1S/C20H15Cl2F3N4O2.C20H17F3N4O2.C16H10BrCl2F3N2O2.C16H11Cl2F3N2O2.C10H17BN2O2.6CH4.BHNS/c1-3-28-17-14(11-8-26-27(2)9-11)10-29(19(30)15(17)16(21)18(28)22)12-4-6-13(7-5-12)31-20(23,24)25;1-3-26-9-8-16-18(26)17(13-10-24-25(2)11-13)12-27(19(16)28)14-4-6-15(7-5-14)29-20(21,22)23;1-2-23-13-10(17)7-24(15(25)11(13)12(18)14(23)19)8-3-5-9(6-4-8)26-16(20,21)22;1-2-22-11-7-8-23(15(24)12(11)13(17)14(22)18)9-3-5-10(6-4-9)25-16(19,20)21;1-9(2)10(3,4)15-11(14-9)8-6-12-13(5)7-8;;;;;;;1-2-3/h4-10H,3H2,1-2H3;4-12H,3H2,1-2H3;3-7H,2H2,1H3;3-8H,2H2,1H3;6-7H,1-5H3;6*1H4;3H. The van der Waals surface area contributed by atoms with E-state index < -0.39 is 47.9 Å². The summed E-state index contributed by atoms with van der Waals surface area (Å²) in [5.41, 5.74) is 5.82. The molecule has 47 heteroatoms. The van der Waals surface area contributed by atoms with Gasteiger partial charge in [0.1, 0.15) is 38.5 Å². The second kappa shape index (κ2) is 45.9. The predicted octanol–water partition coefficient (Wildman–Crippen LogP) is 25.0. The van der Waals surface area contributed by atoms with E-state index >= 15 is 0 Å². The van der Waals surface area contributed by atoms with E-state index in [-0.39, 0.29) is 132 Å². The molecule has 15 aromatic rings. The van der Waals surface area contributed by atoms with Crippen LogP contribution in [-0.2, 0) is 56.6 Å². The summed E-state index contributed by atoms with van der Waals surface area (Å²) in [5.74, 6) is -1.49. The molecule has 727 valence electrons. The number of hydrogen-bond acceptors (Lipinski definition) is 15. The van der Waals surface area contributed by atoms with E-state index in [1.807, 2.05) is 85.6 Å². The maximum absolute atomic E-state index is 13.3. The number of nitrogens with zero attached hydrogens (tertiary/aromatic N) is 15. The van der Waals surface area contributed by atoms with E-state index in [1.165, 1.54) is 91.3 Å². The number of fused-ring (bicyclic) bond motifs is 4. The molecular formula is C88H95B2BrCl6F12N15O10S. The Morgan fingerprint density at radius 3 is 1.09 bits per heavy atom. The molecule has 0 spiro atoms. The molecule has 1 fully saturated rings. The molecule has 11 aromatic heterocycles. The molecule has 135 heavy (non-hydrogen) atoms. The molecule has 0 unspecified atom stereocenters. The normalized spacial score (nSPS) is 12.5. The number of aryl methyl sites for hydroxylation is 7. The van der Waals surface area contributed by atoms with Gasteiger partial charge in [0.05, 0.1) is 86.7 Å². The molecule has 0 aliphatic carbocycles. The van der Waals surface area contributed by atoms with Gasteiger partial charge in [0, 0.05) is 154 Å². The van der Waals surface area contributed by atoms with E-state index in [2.05, 4.69) is 74.9 Å². The minimum absolute atomic E-state index is 0. The van der Waals surface area contributed by atoms with Crippen molar-refractivity contribution in [3.8, 4) is 68.0 Å². The van der Waals surface area contributed by atoms with Crippen LogP contribution in [0, 0.1) is 0 Å². The number of ether oxygens (including phenoxy) is 4. The Hall–Kier alpha value is -10.8. The van der Waals surface area contributed by atoms with Crippen LogP contribution in [-0.4, -0.2) is 117 Å². The maximum atomic E-state index is 13.3. The van der Waals surface area contributed by atoms with Gasteiger partial charge >= 0.3 is 57.3 Å².